The minimum atomic E-state index is -0.716. The first-order chi connectivity index (χ1) is 7.99. The van der Waals surface area contributed by atoms with Crippen LogP contribution in [0.25, 0.3) is 0 Å². The van der Waals surface area contributed by atoms with Gasteiger partial charge in [0.2, 0.25) is 0 Å². The van der Waals surface area contributed by atoms with Gasteiger partial charge in [-0.05, 0) is 13.0 Å². The van der Waals surface area contributed by atoms with Crippen LogP contribution < -0.4 is 0 Å². The zero-order chi connectivity index (χ0) is 13.0. The van der Waals surface area contributed by atoms with Crippen molar-refractivity contribution >= 4 is 11.9 Å². The Labute approximate surface area is 100 Å². The lowest BCUT2D eigenvalue weighted by molar-refractivity contribution is -0.161. The second kappa shape index (κ2) is 5.63. The highest BCUT2D eigenvalue weighted by atomic mass is 16.6. The third-order valence-electron chi connectivity index (χ3n) is 2.36. The second-order valence-corrected chi connectivity index (χ2v) is 3.72. The molecular weight excluding hydrogens is 224 g/mol. The van der Waals surface area contributed by atoms with Gasteiger partial charge in [-0.2, -0.15) is 0 Å². The predicted molar refractivity (Wildman–Crippen MR) is 60.2 cm³/mol. The zero-order valence-corrected chi connectivity index (χ0v) is 9.92. The van der Waals surface area contributed by atoms with Gasteiger partial charge in [-0.3, -0.25) is 4.79 Å². The summed E-state index contributed by atoms with van der Waals surface area (Å²) in [7, 11) is 0. The van der Waals surface area contributed by atoms with Crippen LogP contribution in [0.4, 0.5) is 0 Å². The summed E-state index contributed by atoms with van der Waals surface area (Å²) in [5.74, 6) is -1.06. The number of hydrogen-bond acceptors (Lipinski definition) is 5. The molecule has 0 aliphatic carbocycles. The molecule has 0 N–H and O–H groups in total. The molecule has 0 unspecified atom stereocenters. The highest BCUT2D eigenvalue weighted by Gasteiger charge is 2.47. The number of carbonyl (C=O) groups is 2. The number of rotatable bonds is 6. The van der Waals surface area contributed by atoms with E-state index < -0.39 is 24.1 Å². The maximum Gasteiger partial charge on any atom is 0.330 e. The van der Waals surface area contributed by atoms with Crippen molar-refractivity contribution in [3.63, 3.8) is 0 Å². The van der Waals surface area contributed by atoms with E-state index in [1.165, 1.54) is 13.0 Å². The summed E-state index contributed by atoms with van der Waals surface area (Å²) in [5.41, 5.74) is 0. The molecule has 0 aromatic carbocycles. The van der Waals surface area contributed by atoms with Crippen LogP contribution in [0.2, 0.25) is 0 Å². The molecule has 0 aromatic heterocycles. The molecule has 1 rings (SSSR count). The quantitative estimate of drug-likeness (QED) is 0.300. The molecule has 0 radical (unpaired) electrons. The van der Waals surface area contributed by atoms with Crippen molar-refractivity contribution in [1.29, 1.82) is 0 Å². The fourth-order valence-corrected chi connectivity index (χ4v) is 1.49. The van der Waals surface area contributed by atoms with E-state index in [2.05, 4.69) is 13.2 Å². The third kappa shape index (κ3) is 3.71. The molecule has 0 spiro atoms. The summed E-state index contributed by atoms with van der Waals surface area (Å²) in [6.07, 6.45) is 0.755. The van der Waals surface area contributed by atoms with E-state index in [0.717, 1.165) is 6.08 Å². The fourth-order valence-electron chi connectivity index (χ4n) is 1.49. The van der Waals surface area contributed by atoms with Crippen LogP contribution in [0, 0.1) is 0 Å². The van der Waals surface area contributed by atoms with E-state index in [-0.39, 0.29) is 12.2 Å². The van der Waals surface area contributed by atoms with Crippen LogP contribution in [0.5, 0.6) is 0 Å². The molecule has 5 nitrogen and oxygen atoms in total. The third-order valence-corrected chi connectivity index (χ3v) is 2.36. The van der Waals surface area contributed by atoms with Crippen molar-refractivity contribution in [3.8, 4) is 0 Å². The molecular formula is C12H16O5. The average Bonchev–Trinajstić information content (AvgIpc) is 2.99. The first-order valence-corrected chi connectivity index (χ1v) is 5.28. The molecule has 1 heterocycles. The Morgan fingerprint density at radius 3 is 2.29 bits per heavy atom. The van der Waals surface area contributed by atoms with Gasteiger partial charge in [0.05, 0.1) is 6.10 Å². The monoisotopic (exact) mass is 240 g/mol. The maximum absolute atomic E-state index is 11.2. The average molecular weight is 240 g/mol. The van der Waals surface area contributed by atoms with E-state index in [1.54, 1.807) is 0 Å². The first kappa shape index (κ1) is 13.4. The Hall–Kier alpha value is -1.62. The van der Waals surface area contributed by atoms with Gasteiger partial charge in [-0.25, -0.2) is 4.79 Å². The number of hydrogen-bond donors (Lipinski definition) is 0. The lowest BCUT2D eigenvalue weighted by atomic mass is 10.1. The molecule has 1 saturated heterocycles. The standard InChI is InChI=1S/C12H16O5/c1-5-9(16-8(4)13)12(11-7(3)15-11)17-10(14)6-2/h5-7,9,11-12H,1-2H2,3-4H3/t7-,9-,11+,12-/m1/s1. The van der Waals surface area contributed by atoms with Crippen molar-refractivity contribution in [2.75, 3.05) is 0 Å². The van der Waals surface area contributed by atoms with Gasteiger partial charge in [0, 0.05) is 13.0 Å². The molecule has 0 bridgehead atoms. The van der Waals surface area contributed by atoms with Crippen molar-refractivity contribution in [2.45, 2.75) is 38.3 Å². The maximum atomic E-state index is 11.2. The topological polar surface area (TPSA) is 65.1 Å². The van der Waals surface area contributed by atoms with Gasteiger partial charge >= 0.3 is 11.9 Å². The Balaban J connectivity index is 2.72. The van der Waals surface area contributed by atoms with Gasteiger partial charge in [0.25, 0.3) is 0 Å². The van der Waals surface area contributed by atoms with Crippen LogP contribution >= 0.6 is 0 Å². The molecule has 0 saturated carbocycles. The Kier molecular flexibility index (Phi) is 4.45. The SMILES string of the molecule is C=CC(=O)O[C@@H]([C@H]1O[C@@H]1C)[C@@H](C=C)OC(C)=O. The second-order valence-electron chi connectivity index (χ2n) is 3.72. The van der Waals surface area contributed by atoms with Crippen LogP contribution in [0.1, 0.15) is 13.8 Å². The van der Waals surface area contributed by atoms with E-state index in [1.807, 2.05) is 6.92 Å². The van der Waals surface area contributed by atoms with Gasteiger partial charge in [-0.1, -0.05) is 13.2 Å². The Morgan fingerprint density at radius 2 is 1.94 bits per heavy atom. The molecule has 94 valence electrons. The van der Waals surface area contributed by atoms with Gasteiger partial charge in [0.15, 0.2) is 12.2 Å². The Bertz CT molecular complexity index is 336. The van der Waals surface area contributed by atoms with E-state index in [0.29, 0.717) is 0 Å². The van der Waals surface area contributed by atoms with E-state index >= 15 is 0 Å². The summed E-state index contributed by atoms with van der Waals surface area (Å²) in [6, 6.07) is 0. The minimum absolute atomic E-state index is 0.0318. The minimum Gasteiger partial charge on any atom is -0.454 e. The molecule has 1 fully saturated rings. The number of carbonyl (C=O) groups excluding carboxylic acids is 2. The van der Waals surface area contributed by atoms with Gasteiger partial charge in [0.1, 0.15) is 6.10 Å². The van der Waals surface area contributed by atoms with Crippen molar-refractivity contribution in [1.82, 2.24) is 0 Å². The van der Waals surface area contributed by atoms with Crippen LogP contribution in [-0.2, 0) is 23.8 Å². The summed E-state index contributed by atoms with van der Waals surface area (Å²) < 4.78 is 15.4. The lowest BCUT2D eigenvalue weighted by Gasteiger charge is -2.22. The molecule has 4 atom stereocenters. The van der Waals surface area contributed by atoms with Gasteiger partial charge in [-0.15, -0.1) is 0 Å². The predicted octanol–water partition coefficient (Wildman–Crippen LogP) is 0.989. The number of epoxide rings is 1. The summed E-state index contributed by atoms with van der Waals surface area (Å²) in [4.78, 5) is 22.1. The fraction of sp³-hybridized carbons (Fsp3) is 0.500. The molecule has 1 aliphatic heterocycles. The first-order valence-electron chi connectivity index (χ1n) is 5.28. The molecule has 17 heavy (non-hydrogen) atoms. The smallest absolute Gasteiger partial charge is 0.330 e. The lowest BCUT2D eigenvalue weighted by Crippen LogP contribution is -2.38. The van der Waals surface area contributed by atoms with Crippen molar-refractivity contribution < 1.29 is 23.8 Å². The highest BCUT2D eigenvalue weighted by Crippen LogP contribution is 2.30. The number of esters is 2. The summed E-state index contributed by atoms with van der Waals surface area (Å²) in [5, 5.41) is 0. The number of ether oxygens (including phenoxy) is 3. The molecule has 0 amide bonds. The molecule has 1 aliphatic rings. The van der Waals surface area contributed by atoms with Crippen LogP contribution in [-0.4, -0.2) is 36.4 Å². The van der Waals surface area contributed by atoms with Gasteiger partial charge < -0.3 is 14.2 Å². The highest BCUT2D eigenvalue weighted by molar-refractivity contribution is 5.81. The zero-order valence-electron chi connectivity index (χ0n) is 9.92. The van der Waals surface area contributed by atoms with E-state index in [9.17, 15) is 9.59 Å². The normalized spacial score (nSPS) is 25.3. The van der Waals surface area contributed by atoms with Crippen LogP contribution in [0.3, 0.4) is 0 Å². The summed E-state index contributed by atoms with van der Waals surface area (Å²) in [6.45, 7) is 9.98. The Morgan fingerprint density at radius 1 is 1.35 bits per heavy atom. The van der Waals surface area contributed by atoms with Crippen LogP contribution in [0.15, 0.2) is 25.3 Å². The van der Waals surface area contributed by atoms with Crippen molar-refractivity contribution in [3.05, 3.63) is 25.3 Å². The summed E-state index contributed by atoms with van der Waals surface area (Å²) >= 11 is 0. The van der Waals surface area contributed by atoms with Crippen molar-refractivity contribution in [2.24, 2.45) is 0 Å². The molecule has 5 heteroatoms. The largest absolute Gasteiger partial charge is 0.454 e. The van der Waals surface area contributed by atoms with E-state index in [4.69, 9.17) is 14.2 Å². The molecule has 0 aromatic rings.